The molecule has 0 saturated carbocycles. The van der Waals surface area contributed by atoms with Gasteiger partial charge in [0.05, 0.1) is 35.0 Å². The third-order valence-electron chi connectivity index (χ3n) is 5.83. The van der Waals surface area contributed by atoms with E-state index in [1.54, 1.807) is 17.5 Å². The quantitative estimate of drug-likeness (QED) is 0.603. The molecule has 32 heavy (non-hydrogen) atoms. The first kappa shape index (κ1) is 22.9. The van der Waals surface area contributed by atoms with Crippen LogP contribution in [0.5, 0.6) is 0 Å². The molecule has 0 spiro atoms. The van der Waals surface area contributed by atoms with Gasteiger partial charge in [0.15, 0.2) is 5.65 Å². The van der Waals surface area contributed by atoms with E-state index in [1.165, 1.54) is 9.75 Å². The van der Waals surface area contributed by atoms with Gasteiger partial charge in [0.1, 0.15) is 0 Å². The van der Waals surface area contributed by atoms with Crippen LogP contribution in [-0.4, -0.2) is 64.0 Å². The Bertz CT molecular complexity index is 1110. The van der Waals surface area contributed by atoms with Crippen molar-refractivity contribution in [2.75, 3.05) is 26.2 Å². The third kappa shape index (κ3) is 4.72. The first-order valence-electron chi connectivity index (χ1n) is 11.3. The van der Waals surface area contributed by atoms with Crippen LogP contribution in [0, 0.1) is 13.8 Å². The molecule has 1 fully saturated rings. The molecule has 4 heterocycles. The van der Waals surface area contributed by atoms with Crippen LogP contribution in [-0.2, 0) is 4.74 Å². The van der Waals surface area contributed by atoms with Gasteiger partial charge in [-0.1, -0.05) is 0 Å². The number of morpholine rings is 1. The molecule has 1 aliphatic heterocycles. The molecule has 0 aliphatic carbocycles. The van der Waals surface area contributed by atoms with E-state index in [0.29, 0.717) is 12.1 Å². The minimum atomic E-state index is -0.0825. The van der Waals surface area contributed by atoms with Crippen LogP contribution in [0.1, 0.15) is 53.8 Å². The van der Waals surface area contributed by atoms with Gasteiger partial charge in [-0.15, -0.1) is 11.3 Å². The number of carbonyl (C=O) groups excluding carboxylic acids is 1. The normalized spacial score (nSPS) is 19.7. The number of aryl methyl sites for hydroxylation is 2. The van der Waals surface area contributed by atoms with E-state index >= 15 is 0 Å². The fourth-order valence-electron chi connectivity index (χ4n) is 4.50. The fraction of sp³-hybridized carbons (Fsp3) is 0.542. The number of rotatable bonds is 6. The van der Waals surface area contributed by atoms with Crippen molar-refractivity contribution in [1.29, 1.82) is 0 Å². The molecular weight excluding hydrogens is 422 g/mol. The van der Waals surface area contributed by atoms with Crippen LogP contribution in [0.3, 0.4) is 0 Å². The number of nitrogens with zero attached hydrogens (tertiary/aromatic N) is 4. The highest BCUT2D eigenvalue weighted by Crippen LogP contribution is 2.32. The minimum absolute atomic E-state index is 0.0825. The zero-order valence-corrected chi connectivity index (χ0v) is 20.6. The van der Waals surface area contributed by atoms with Gasteiger partial charge >= 0.3 is 0 Å². The number of aromatic nitrogens is 3. The number of hydrogen-bond acceptors (Lipinski definition) is 6. The van der Waals surface area contributed by atoms with Gasteiger partial charge in [0, 0.05) is 47.5 Å². The van der Waals surface area contributed by atoms with Crippen molar-refractivity contribution in [3.05, 3.63) is 33.6 Å². The van der Waals surface area contributed by atoms with Crippen molar-refractivity contribution < 1.29 is 9.53 Å². The Labute approximate surface area is 193 Å². The molecule has 7 nitrogen and oxygen atoms in total. The molecule has 3 aromatic heterocycles. The van der Waals surface area contributed by atoms with Crippen molar-refractivity contribution >= 4 is 28.3 Å². The van der Waals surface area contributed by atoms with E-state index in [1.807, 2.05) is 10.7 Å². The summed E-state index contributed by atoms with van der Waals surface area (Å²) in [6.45, 7) is 15.7. The summed E-state index contributed by atoms with van der Waals surface area (Å²) in [6.07, 6.45) is 2.20. The molecule has 8 heteroatoms. The summed E-state index contributed by atoms with van der Waals surface area (Å²) >= 11 is 1.75. The fourth-order valence-corrected chi connectivity index (χ4v) is 5.43. The summed E-state index contributed by atoms with van der Waals surface area (Å²) in [5.41, 5.74) is 3.28. The second kappa shape index (κ2) is 9.29. The molecule has 3 aromatic rings. The molecule has 2 unspecified atom stereocenters. The second-order valence-corrected chi connectivity index (χ2v) is 10.5. The number of pyridine rings is 1. The van der Waals surface area contributed by atoms with Crippen LogP contribution in [0.2, 0.25) is 0 Å². The molecule has 1 aliphatic rings. The lowest BCUT2D eigenvalue weighted by atomic mass is 10.1. The molecule has 0 bridgehead atoms. The average Bonchev–Trinajstić information content (AvgIpc) is 3.28. The first-order chi connectivity index (χ1) is 15.2. The summed E-state index contributed by atoms with van der Waals surface area (Å²) in [7, 11) is 0. The smallest absolute Gasteiger partial charge is 0.252 e. The topological polar surface area (TPSA) is 72.3 Å². The summed E-state index contributed by atoms with van der Waals surface area (Å²) in [4.78, 5) is 23.0. The van der Waals surface area contributed by atoms with Gasteiger partial charge in [-0.25, -0.2) is 9.67 Å². The molecule has 1 saturated heterocycles. The molecule has 0 aromatic carbocycles. The SMILES string of the molecule is Cc1cc(-c2cc(C(=O)NCCN3CC(C)OC(C)C3)c3cnn(C(C)C)c3n2)c(C)s1. The molecule has 0 radical (unpaired) electrons. The molecular formula is C24H33N5O2S. The average molecular weight is 456 g/mol. The zero-order valence-electron chi connectivity index (χ0n) is 19.8. The maximum atomic E-state index is 13.3. The molecule has 2 atom stereocenters. The Balaban J connectivity index is 1.60. The molecule has 1 N–H and O–H groups in total. The van der Waals surface area contributed by atoms with Crippen molar-refractivity contribution in [2.24, 2.45) is 0 Å². The number of nitrogens with one attached hydrogen (secondary N) is 1. The van der Waals surface area contributed by atoms with Gasteiger partial charge in [-0.05, 0) is 53.7 Å². The first-order valence-corrected chi connectivity index (χ1v) is 12.2. The van der Waals surface area contributed by atoms with Crippen molar-refractivity contribution in [3.8, 4) is 11.3 Å². The van der Waals surface area contributed by atoms with Gasteiger partial charge in [-0.2, -0.15) is 5.10 Å². The lowest BCUT2D eigenvalue weighted by Gasteiger charge is -2.35. The number of thiophene rings is 1. The van der Waals surface area contributed by atoms with E-state index in [-0.39, 0.29) is 24.2 Å². The van der Waals surface area contributed by atoms with E-state index in [4.69, 9.17) is 9.72 Å². The molecule has 172 valence electrons. The number of fused-ring (bicyclic) bond motifs is 1. The van der Waals surface area contributed by atoms with Crippen molar-refractivity contribution in [2.45, 2.75) is 59.8 Å². The van der Waals surface area contributed by atoms with E-state index in [0.717, 1.165) is 41.9 Å². The van der Waals surface area contributed by atoms with E-state index < -0.39 is 0 Å². The molecule has 1 amide bonds. The van der Waals surface area contributed by atoms with Crippen LogP contribution in [0.4, 0.5) is 0 Å². The summed E-state index contributed by atoms with van der Waals surface area (Å²) in [5.74, 6) is -0.0825. The number of ether oxygens (including phenoxy) is 1. The zero-order chi connectivity index (χ0) is 23.0. The predicted molar refractivity (Wildman–Crippen MR) is 129 cm³/mol. The summed E-state index contributed by atoms with van der Waals surface area (Å²) in [6, 6.07) is 4.21. The Hall–Kier alpha value is -2.29. The van der Waals surface area contributed by atoms with Crippen LogP contribution >= 0.6 is 11.3 Å². The predicted octanol–water partition coefficient (Wildman–Crippen LogP) is 4.20. The maximum absolute atomic E-state index is 13.3. The second-order valence-electron chi connectivity index (χ2n) is 9.07. The minimum Gasteiger partial charge on any atom is -0.373 e. The van der Waals surface area contributed by atoms with Gasteiger partial charge < -0.3 is 10.1 Å². The maximum Gasteiger partial charge on any atom is 0.252 e. The number of amides is 1. The van der Waals surface area contributed by atoms with Gasteiger partial charge in [-0.3, -0.25) is 9.69 Å². The Morgan fingerprint density at radius 3 is 2.59 bits per heavy atom. The third-order valence-corrected chi connectivity index (χ3v) is 6.79. The molecule has 4 rings (SSSR count). The van der Waals surface area contributed by atoms with Crippen molar-refractivity contribution in [1.82, 2.24) is 25.0 Å². The van der Waals surface area contributed by atoms with Crippen molar-refractivity contribution in [3.63, 3.8) is 0 Å². The van der Waals surface area contributed by atoms with Crippen LogP contribution in [0.15, 0.2) is 18.3 Å². The Kier molecular flexibility index (Phi) is 6.65. The Morgan fingerprint density at radius 2 is 1.97 bits per heavy atom. The van der Waals surface area contributed by atoms with Crippen LogP contribution in [0.25, 0.3) is 22.3 Å². The lowest BCUT2D eigenvalue weighted by molar-refractivity contribution is -0.0672. The highest BCUT2D eigenvalue weighted by Gasteiger charge is 2.23. The Morgan fingerprint density at radius 1 is 1.25 bits per heavy atom. The summed E-state index contributed by atoms with van der Waals surface area (Å²) < 4.78 is 7.69. The lowest BCUT2D eigenvalue weighted by Crippen LogP contribution is -2.47. The largest absolute Gasteiger partial charge is 0.373 e. The van der Waals surface area contributed by atoms with E-state index in [2.05, 4.69) is 62.9 Å². The standard InChI is InChI=1S/C24H33N5O2S/c1-14(2)29-23-21(11-26-29)20(10-22(27-23)19-9-17(5)32-18(19)6)24(30)25-7-8-28-12-15(3)31-16(4)13-28/h9-11,14-16H,7-8,12-13H2,1-6H3,(H,25,30). The van der Waals surface area contributed by atoms with Gasteiger partial charge in [0.25, 0.3) is 5.91 Å². The highest BCUT2D eigenvalue weighted by atomic mass is 32.1. The van der Waals surface area contributed by atoms with E-state index in [9.17, 15) is 4.79 Å². The summed E-state index contributed by atoms with van der Waals surface area (Å²) in [5, 5.41) is 8.44. The van der Waals surface area contributed by atoms with Crippen LogP contribution < -0.4 is 5.32 Å². The van der Waals surface area contributed by atoms with Gasteiger partial charge in [0.2, 0.25) is 0 Å². The monoisotopic (exact) mass is 455 g/mol. The number of carbonyl (C=O) groups is 1. The number of hydrogen-bond donors (Lipinski definition) is 1. The highest BCUT2D eigenvalue weighted by molar-refractivity contribution is 7.12.